The van der Waals surface area contributed by atoms with Crippen LogP contribution in [0.3, 0.4) is 0 Å². The van der Waals surface area contributed by atoms with E-state index in [2.05, 4.69) is 14.3 Å². The molecule has 1 aromatic carbocycles. The summed E-state index contributed by atoms with van der Waals surface area (Å²) in [6.07, 6.45) is -3.85. The molecule has 0 radical (unpaired) electrons. The minimum atomic E-state index is -5.60. The summed E-state index contributed by atoms with van der Waals surface area (Å²) < 4.78 is 122. The maximum Gasteiger partial charge on any atom is 0.483 e. The second-order valence-electron chi connectivity index (χ2n) is 6.28. The van der Waals surface area contributed by atoms with E-state index in [1.165, 1.54) is 25.3 Å². The number of sulfone groups is 1. The molecule has 0 aliphatic carbocycles. The lowest BCUT2D eigenvalue weighted by molar-refractivity contribution is -0.118. The first-order valence-electron chi connectivity index (χ1n) is 8.63. The Bertz CT molecular complexity index is 1390. The molecule has 32 heavy (non-hydrogen) atoms. The van der Waals surface area contributed by atoms with E-state index in [4.69, 9.17) is 4.42 Å². The molecule has 0 spiro atoms. The number of hydrogen-bond donors (Lipinski definition) is 0. The van der Waals surface area contributed by atoms with Gasteiger partial charge in [0.2, 0.25) is 5.89 Å². The highest BCUT2D eigenvalue weighted by atomic mass is 32.2. The molecule has 2 aromatic heterocycles. The third-order valence-corrected chi connectivity index (χ3v) is 7.88. The standard InChI is InChI=1S/C17H13F6N3O4S2/c1-2-31(27,28)13-4-3-7-24-14(13)15-26-11-8-10(5-6-12(11)30-15)32(29,17(21,22)23)25-9-16(18,19)20/h3-8H,2,9H2,1H3. The van der Waals surface area contributed by atoms with Gasteiger partial charge in [-0.1, -0.05) is 6.92 Å². The van der Waals surface area contributed by atoms with Crippen LogP contribution in [0.2, 0.25) is 0 Å². The molecule has 0 N–H and O–H groups in total. The zero-order chi connectivity index (χ0) is 23.9. The SMILES string of the molecule is CCS(=O)(=O)c1cccnc1-c1nc2cc(S(=O)(=NCC(F)(F)F)C(F)(F)F)ccc2o1. The van der Waals surface area contributed by atoms with E-state index >= 15 is 0 Å². The van der Waals surface area contributed by atoms with Crippen LogP contribution in [0.5, 0.6) is 0 Å². The molecule has 0 bridgehead atoms. The van der Waals surface area contributed by atoms with Crippen LogP contribution in [-0.4, -0.2) is 46.6 Å². The highest BCUT2D eigenvalue weighted by Crippen LogP contribution is 2.36. The maximum absolute atomic E-state index is 13.4. The summed E-state index contributed by atoms with van der Waals surface area (Å²) in [5.41, 5.74) is -6.23. The first kappa shape index (κ1) is 24.0. The summed E-state index contributed by atoms with van der Waals surface area (Å²) in [5, 5.41) is 0. The number of pyridine rings is 1. The average molecular weight is 501 g/mol. The van der Waals surface area contributed by atoms with Crippen molar-refractivity contribution in [3.63, 3.8) is 0 Å². The van der Waals surface area contributed by atoms with Crippen molar-refractivity contribution in [2.75, 3.05) is 12.3 Å². The molecule has 1 unspecified atom stereocenters. The number of oxazole rings is 1. The van der Waals surface area contributed by atoms with Crippen molar-refractivity contribution in [3.8, 4) is 11.6 Å². The molecule has 3 aromatic rings. The largest absolute Gasteiger partial charge is 0.483 e. The molecule has 1 atom stereocenters. The van der Waals surface area contributed by atoms with E-state index < -0.39 is 42.7 Å². The molecule has 0 fully saturated rings. The molecule has 0 aliphatic rings. The molecule has 0 aliphatic heterocycles. The number of hydrogen-bond acceptors (Lipinski definition) is 7. The lowest BCUT2D eigenvalue weighted by Gasteiger charge is -2.14. The van der Waals surface area contributed by atoms with Crippen LogP contribution in [0.25, 0.3) is 22.7 Å². The van der Waals surface area contributed by atoms with Crippen molar-refractivity contribution < 1.29 is 43.4 Å². The number of halogens is 6. The van der Waals surface area contributed by atoms with Crippen molar-refractivity contribution in [2.24, 2.45) is 4.36 Å². The van der Waals surface area contributed by atoms with Gasteiger partial charge in [0.15, 0.2) is 25.1 Å². The third-order valence-electron chi connectivity index (χ3n) is 4.11. The quantitative estimate of drug-likeness (QED) is 0.474. The molecule has 174 valence electrons. The average Bonchev–Trinajstić information content (AvgIpc) is 3.14. The normalized spacial score (nSPS) is 15.0. The number of alkyl halides is 6. The Labute approximate surface area is 177 Å². The zero-order valence-corrected chi connectivity index (χ0v) is 17.6. The summed E-state index contributed by atoms with van der Waals surface area (Å²) in [4.78, 5) is 6.54. The molecule has 0 amide bonds. The smallest absolute Gasteiger partial charge is 0.435 e. The van der Waals surface area contributed by atoms with Crippen LogP contribution >= 0.6 is 0 Å². The molecular formula is C17H13F6N3O4S2. The lowest BCUT2D eigenvalue weighted by Crippen LogP contribution is -2.25. The summed E-state index contributed by atoms with van der Waals surface area (Å²) in [6, 6.07) is 4.82. The number of benzene rings is 1. The maximum atomic E-state index is 13.4. The van der Waals surface area contributed by atoms with E-state index in [0.717, 1.165) is 6.07 Å². The van der Waals surface area contributed by atoms with E-state index in [1.54, 1.807) is 0 Å². The Morgan fingerprint density at radius 3 is 2.34 bits per heavy atom. The number of rotatable bonds is 5. The third kappa shape index (κ3) is 4.57. The second kappa shape index (κ2) is 8.03. The zero-order valence-electron chi connectivity index (χ0n) is 15.9. The van der Waals surface area contributed by atoms with Gasteiger partial charge in [0, 0.05) is 6.20 Å². The van der Waals surface area contributed by atoms with Crippen molar-refractivity contribution in [1.29, 1.82) is 0 Å². The minimum absolute atomic E-state index is 0.131. The molecule has 7 nitrogen and oxygen atoms in total. The number of aromatic nitrogens is 2. The summed E-state index contributed by atoms with van der Waals surface area (Å²) in [5.74, 6) is -0.625. The predicted octanol–water partition coefficient (Wildman–Crippen LogP) is 4.59. The van der Waals surface area contributed by atoms with Crippen molar-refractivity contribution >= 4 is 30.7 Å². The van der Waals surface area contributed by atoms with Crippen LogP contribution in [0.4, 0.5) is 26.3 Å². The van der Waals surface area contributed by atoms with Crippen molar-refractivity contribution in [2.45, 2.75) is 28.4 Å². The Morgan fingerprint density at radius 1 is 1.06 bits per heavy atom. The Balaban J connectivity index is 2.18. The second-order valence-corrected chi connectivity index (χ2v) is 10.8. The highest BCUT2D eigenvalue weighted by molar-refractivity contribution is 7.94. The number of fused-ring (bicyclic) bond motifs is 1. The van der Waals surface area contributed by atoms with Gasteiger partial charge in [-0.15, -0.1) is 0 Å². The summed E-state index contributed by atoms with van der Waals surface area (Å²) >= 11 is 0. The molecule has 0 saturated heterocycles. The summed E-state index contributed by atoms with van der Waals surface area (Å²) in [7, 11) is -9.25. The van der Waals surface area contributed by atoms with Crippen molar-refractivity contribution in [3.05, 3.63) is 36.5 Å². The van der Waals surface area contributed by atoms with Gasteiger partial charge < -0.3 is 4.42 Å². The Hall–Kier alpha value is -2.68. The fraction of sp³-hybridized carbons (Fsp3) is 0.294. The van der Waals surface area contributed by atoms with Gasteiger partial charge in [-0.25, -0.2) is 27.0 Å². The predicted molar refractivity (Wildman–Crippen MR) is 101 cm³/mol. The molecule has 2 heterocycles. The topological polar surface area (TPSA) is 102 Å². The first-order valence-corrected chi connectivity index (χ1v) is 11.8. The Morgan fingerprint density at radius 2 is 1.75 bits per heavy atom. The van der Waals surface area contributed by atoms with E-state index in [9.17, 15) is 39.0 Å². The van der Waals surface area contributed by atoms with Gasteiger partial charge >= 0.3 is 11.7 Å². The van der Waals surface area contributed by atoms with Gasteiger partial charge in [-0.3, -0.25) is 0 Å². The van der Waals surface area contributed by atoms with E-state index in [-0.39, 0.29) is 33.3 Å². The molecule has 15 heteroatoms. The van der Waals surface area contributed by atoms with Crippen LogP contribution in [0, 0.1) is 0 Å². The Kier molecular flexibility index (Phi) is 6.01. The van der Waals surface area contributed by atoms with E-state index in [0.29, 0.717) is 12.1 Å². The summed E-state index contributed by atoms with van der Waals surface area (Å²) in [6.45, 7) is -0.873. The lowest BCUT2D eigenvalue weighted by atomic mass is 10.3. The van der Waals surface area contributed by atoms with Crippen LogP contribution in [0.1, 0.15) is 6.92 Å². The fourth-order valence-corrected chi connectivity index (χ4v) is 5.03. The minimum Gasteiger partial charge on any atom is -0.435 e. The van der Waals surface area contributed by atoms with Crippen LogP contribution in [-0.2, 0) is 19.6 Å². The van der Waals surface area contributed by atoms with Gasteiger partial charge in [0.05, 0.1) is 15.5 Å². The van der Waals surface area contributed by atoms with Crippen LogP contribution in [0.15, 0.2) is 55.1 Å². The van der Waals surface area contributed by atoms with Crippen molar-refractivity contribution in [1.82, 2.24) is 9.97 Å². The van der Waals surface area contributed by atoms with Gasteiger partial charge in [0.25, 0.3) is 0 Å². The number of nitrogens with zero attached hydrogens (tertiary/aromatic N) is 3. The van der Waals surface area contributed by atoms with Gasteiger partial charge in [-0.05, 0) is 30.3 Å². The molecular weight excluding hydrogens is 488 g/mol. The van der Waals surface area contributed by atoms with Gasteiger partial charge in [0.1, 0.15) is 17.8 Å². The molecule has 3 rings (SSSR count). The molecule has 0 saturated carbocycles. The van der Waals surface area contributed by atoms with E-state index in [1.807, 2.05) is 0 Å². The highest BCUT2D eigenvalue weighted by Gasteiger charge is 2.46. The van der Waals surface area contributed by atoms with Crippen LogP contribution < -0.4 is 0 Å². The fourth-order valence-electron chi connectivity index (χ4n) is 2.58. The monoisotopic (exact) mass is 501 g/mol. The first-order chi connectivity index (χ1) is 14.7. The van der Waals surface area contributed by atoms with Gasteiger partial charge in [-0.2, -0.15) is 26.3 Å².